The van der Waals surface area contributed by atoms with Crippen LogP contribution < -0.4 is 10.1 Å². The predicted molar refractivity (Wildman–Crippen MR) is 65.6 cm³/mol. The molecule has 1 N–H and O–H groups in total. The summed E-state index contributed by atoms with van der Waals surface area (Å²) >= 11 is 0. The molecule has 0 heterocycles. The molecule has 16 heavy (non-hydrogen) atoms. The van der Waals surface area contributed by atoms with Crippen molar-refractivity contribution >= 4 is 5.69 Å². The summed E-state index contributed by atoms with van der Waals surface area (Å²) in [5, 5.41) is 12.1. The highest BCUT2D eigenvalue weighted by Crippen LogP contribution is 2.21. The summed E-state index contributed by atoms with van der Waals surface area (Å²) in [5.74, 6) is 0.959. The number of aryl methyl sites for hydroxylation is 1. The van der Waals surface area contributed by atoms with E-state index in [0.717, 1.165) is 23.4 Å². The number of benzene rings is 1. The van der Waals surface area contributed by atoms with Crippen molar-refractivity contribution in [3.05, 3.63) is 23.8 Å². The fourth-order valence-electron chi connectivity index (χ4n) is 1.51. The number of nitrogens with one attached hydrogen (secondary N) is 1. The largest absolute Gasteiger partial charge is 0.496 e. The Morgan fingerprint density at radius 2 is 2.25 bits per heavy atom. The standard InChI is InChI=1S/C13H18N2O/c1-4-11(8-14)9-15-12-5-6-13(16-3)10(2)7-12/h5-7,11,15H,4,9H2,1-3H3. The van der Waals surface area contributed by atoms with Gasteiger partial charge in [-0.1, -0.05) is 6.92 Å². The average molecular weight is 218 g/mol. The highest BCUT2D eigenvalue weighted by atomic mass is 16.5. The second-order valence-corrected chi connectivity index (χ2v) is 3.80. The summed E-state index contributed by atoms with van der Waals surface area (Å²) in [6, 6.07) is 8.21. The highest BCUT2D eigenvalue weighted by Gasteiger charge is 2.04. The van der Waals surface area contributed by atoms with Crippen molar-refractivity contribution in [2.45, 2.75) is 20.3 Å². The van der Waals surface area contributed by atoms with E-state index in [1.54, 1.807) is 7.11 Å². The maximum Gasteiger partial charge on any atom is 0.121 e. The van der Waals surface area contributed by atoms with Gasteiger partial charge in [-0.15, -0.1) is 0 Å². The van der Waals surface area contributed by atoms with Crippen LogP contribution in [-0.4, -0.2) is 13.7 Å². The van der Waals surface area contributed by atoms with E-state index >= 15 is 0 Å². The summed E-state index contributed by atoms with van der Waals surface area (Å²) in [6.45, 7) is 4.72. The normalized spacial score (nSPS) is 11.6. The number of hydrogen-bond acceptors (Lipinski definition) is 3. The van der Waals surface area contributed by atoms with Crippen LogP contribution in [0.4, 0.5) is 5.69 Å². The van der Waals surface area contributed by atoms with E-state index in [4.69, 9.17) is 10.00 Å². The Hall–Kier alpha value is -1.69. The molecule has 0 aliphatic carbocycles. The molecule has 1 aromatic rings. The van der Waals surface area contributed by atoms with Crippen LogP contribution in [0.15, 0.2) is 18.2 Å². The number of methoxy groups -OCH3 is 1. The first-order valence-corrected chi connectivity index (χ1v) is 5.49. The Balaban J connectivity index is 2.62. The van der Waals surface area contributed by atoms with Gasteiger partial charge in [0.25, 0.3) is 0 Å². The van der Waals surface area contributed by atoms with Gasteiger partial charge in [0.05, 0.1) is 19.1 Å². The van der Waals surface area contributed by atoms with Crippen molar-refractivity contribution in [3.8, 4) is 11.8 Å². The first kappa shape index (κ1) is 12.4. The van der Waals surface area contributed by atoms with Crippen LogP contribution in [-0.2, 0) is 0 Å². The summed E-state index contributed by atoms with van der Waals surface area (Å²) < 4.78 is 5.19. The summed E-state index contributed by atoms with van der Waals surface area (Å²) in [4.78, 5) is 0. The smallest absolute Gasteiger partial charge is 0.121 e. The quantitative estimate of drug-likeness (QED) is 0.826. The number of nitriles is 1. The third kappa shape index (κ3) is 3.16. The Labute approximate surface area is 97.0 Å². The molecule has 0 spiro atoms. The molecule has 0 saturated carbocycles. The van der Waals surface area contributed by atoms with E-state index in [2.05, 4.69) is 11.4 Å². The Kier molecular flexibility index (Phi) is 4.65. The number of rotatable bonds is 5. The lowest BCUT2D eigenvalue weighted by Gasteiger charge is -2.11. The van der Waals surface area contributed by atoms with E-state index in [0.29, 0.717) is 6.54 Å². The van der Waals surface area contributed by atoms with Gasteiger partial charge in [0, 0.05) is 12.2 Å². The molecule has 1 rings (SSSR count). The minimum atomic E-state index is 0.0717. The lowest BCUT2D eigenvalue weighted by molar-refractivity contribution is 0.412. The van der Waals surface area contributed by atoms with Crippen molar-refractivity contribution < 1.29 is 4.74 Å². The minimum Gasteiger partial charge on any atom is -0.496 e. The first-order valence-electron chi connectivity index (χ1n) is 5.49. The van der Waals surface area contributed by atoms with Gasteiger partial charge < -0.3 is 10.1 Å². The molecule has 1 atom stereocenters. The molecule has 0 aromatic heterocycles. The molecule has 0 bridgehead atoms. The van der Waals surface area contributed by atoms with Crippen molar-refractivity contribution in [1.82, 2.24) is 0 Å². The summed E-state index contributed by atoms with van der Waals surface area (Å²) in [6.07, 6.45) is 0.874. The zero-order chi connectivity index (χ0) is 12.0. The van der Waals surface area contributed by atoms with E-state index in [1.165, 1.54) is 0 Å². The monoisotopic (exact) mass is 218 g/mol. The van der Waals surface area contributed by atoms with Crippen LogP contribution in [0.5, 0.6) is 5.75 Å². The Morgan fingerprint density at radius 1 is 1.50 bits per heavy atom. The second kappa shape index (κ2) is 6.02. The van der Waals surface area contributed by atoms with E-state index in [1.807, 2.05) is 32.0 Å². The van der Waals surface area contributed by atoms with Gasteiger partial charge in [-0.25, -0.2) is 0 Å². The Morgan fingerprint density at radius 3 is 2.75 bits per heavy atom. The molecule has 0 amide bonds. The molecular weight excluding hydrogens is 200 g/mol. The molecule has 0 aliphatic rings. The molecule has 1 unspecified atom stereocenters. The van der Waals surface area contributed by atoms with Crippen LogP contribution >= 0.6 is 0 Å². The van der Waals surface area contributed by atoms with Gasteiger partial charge in [0.2, 0.25) is 0 Å². The van der Waals surface area contributed by atoms with Crippen molar-refractivity contribution in [2.75, 3.05) is 19.0 Å². The third-order valence-electron chi connectivity index (χ3n) is 2.62. The topological polar surface area (TPSA) is 45.0 Å². The lowest BCUT2D eigenvalue weighted by Crippen LogP contribution is -2.11. The Bertz CT molecular complexity index is 382. The maximum absolute atomic E-state index is 8.83. The van der Waals surface area contributed by atoms with Gasteiger partial charge in [-0.2, -0.15) is 5.26 Å². The fourth-order valence-corrected chi connectivity index (χ4v) is 1.51. The fraction of sp³-hybridized carbons (Fsp3) is 0.462. The highest BCUT2D eigenvalue weighted by molar-refractivity contribution is 5.50. The van der Waals surface area contributed by atoms with Gasteiger partial charge >= 0.3 is 0 Å². The summed E-state index contributed by atoms with van der Waals surface area (Å²) in [5.41, 5.74) is 2.13. The van der Waals surface area contributed by atoms with Crippen molar-refractivity contribution in [2.24, 2.45) is 5.92 Å². The summed E-state index contributed by atoms with van der Waals surface area (Å²) in [7, 11) is 1.66. The molecule has 0 fully saturated rings. The van der Waals surface area contributed by atoms with Gasteiger partial charge in [0.15, 0.2) is 0 Å². The predicted octanol–water partition coefficient (Wildman–Crippen LogP) is 2.97. The number of ether oxygens (including phenoxy) is 1. The minimum absolute atomic E-state index is 0.0717. The second-order valence-electron chi connectivity index (χ2n) is 3.80. The molecule has 0 saturated heterocycles. The van der Waals surface area contributed by atoms with Crippen LogP contribution in [0.25, 0.3) is 0 Å². The molecule has 0 aliphatic heterocycles. The molecule has 1 aromatic carbocycles. The maximum atomic E-state index is 8.83. The zero-order valence-electron chi connectivity index (χ0n) is 10.1. The first-order chi connectivity index (χ1) is 7.71. The van der Waals surface area contributed by atoms with E-state index < -0.39 is 0 Å². The van der Waals surface area contributed by atoms with E-state index in [-0.39, 0.29) is 5.92 Å². The number of anilines is 1. The third-order valence-corrected chi connectivity index (χ3v) is 2.62. The van der Waals surface area contributed by atoms with Crippen molar-refractivity contribution in [3.63, 3.8) is 0 Å². The zero-order valence-corrected chi connectivity index (χ0v) is 10.1. The van der Waals surface area contributed by atoms with E-state index in [9.17, 15) is 0 Å². The van der Waals surface area contributed by atoms with Crippen LogP contribution in [0.3, 0.4) is 0 Å². The SMILES string of the molecule is CCC(C#N)CNc1ccc(OC)c(C)c1. The molecule has 3 nitrogen and oxygen atoms in total. The molecule has 0 radical (unpaired) electrons. The van der Waals surface area contributed by atoms with Crippen LogP contribution in [0, 0.1) is 24.2 Å². The number of hydrogen-bond donors (Lipinski definition) is 1. The van der Waals surface area contributed by atoms with Gasteiger partial charge in [0.1, 0.15) is 5.75 Å². The molecule has 86 valence electrons. The number of nitrogens with zero attached hydrogens (tertiary/aromatic N) is 1. The lowest BCUT2D eigenvalue weighted by atomic mass is 10.1. The van der Waals surface area contributed by atoms with Gasteiger partial charge in [-0.3, -0.25) is 0 Å². The average Bonchev–Trinajstić information content (AvgIpc) is 2.30. The molecular formula is C13H18N2O. The van der Waals surface area contributed by atoms with Crippen molar-refractivity contribution in [1.29, 1.82) is 5.26 Å². The van der Waals surface area contributed by atoms with Crippen LogP contribution in [0.2, 0.25) is 0 Å². The van der Waals surface area contributed by atoms with Crippen LogP contribution in [0.1, 0.15) is 18.9 Å². The van der Waals surface area contributed by atoms with Gasteiger partial charge in [-0.05, 0) is 37.1 Å². The molecule has 3 heteroatoms.